The molecule has 1 rings (SSSR count). The fraction of sp³-hybridized carbons (Fsp3) is 0.250. The van der Waals surface area contributed by atoms with Crippen LogP contribution in [0.2, 0.25) is 0 Å². The van der Waals surface area contributed by atoms with Gasteiger partial charge in [0.1, 0.15) is 11.5 Å². The fourth-order valence-electron chi connectivity index (χ4n) is 0.792. The highest BCUT2D eigenvalue weighted by Gasteiger charge is 2.04. The minimum Gasteiger partial charge on any atom is -0.313 e. The van der Waals surface area contributed by atoms with E-state index < -0.39 is 5.82 Å². The molecule has 64 valence electrons. The lowest BCUT2D eigenvalue weighted by Gasteiger charge is -1.97. The number of rotatable bonds is 3. The van der Waals surface area contributed by atoms with E-state index in [0.29, 0.717) is 0 Å². The lowest BCUT2D eigenvalue weighted by Crippen LogP contribution is -2.19. The quantitative estimate of drug-likeness (QED) is 0.673. The van der Waals surface area contributed by atoms with Crippen LogP contribution in [0.15, 0.2) is 18.3 Å². The molecule has 12 heavy (non-hydrogen) atoms. The molecule has 0 atom stereocenters. The molecule has 0 aliphatic carbocycles. The number of hydrogen-bond donors (Lipinski definition) is 1. The molecule has 1 N–H and O–H groups in total. The minimum atomic E-state index is -0.434. The lowest BCUT2D eigenvalue weighted by atomic mass is 10.2. The average Bonchev–Trinajstić information content (AvgIpc) is 2.06. The third kappa shape index (κ3) is 2.10. The number of likely N-dealkylation sites (N-methyl/N-ethyl adjacent to an activating group) is 1. The zero-order valence-electron chi connectivity index (χ0n) is 6.67. The van der Waals surface area contributed by atoms with Crippen LogP contribution < -0.4 is 5.32 Å². The van der Waals surface area contributed by atoms with Crippen molar-refractivity contribution >= 4 is 5.78 Å². The van der Waals surface area contributed by atoms with Gasteiger partial charge in [-0.3, -0.25) is 9.78 Å². The predicted octanol–water partition coefficient (Wildman–Crippen LogP) is 0.623. The molecule has 4 heteroatoms. The van der Waals surface area contributed by atoms with Crippen LogP contribution >= 0.6 is 0 Å². The number of carbonyl (C=O) groups is 1. The number of hydrogen-bond acceptors (Lipinski definition) is 3. The van der Waals surface area contributed by atoms with Gasteiger partial charge in [-0.1, -0.05) is 0 Å². The number of carbonyl (C=O) groups excluding carboxylic acids is 1. The van der Waals surface area contributed by atoms with E-state index in [0.717, 1.165) is 6.20 Å². The maximum atomic E-state index is 12.3. The zero-order valence-corrected chi connectivity index (χ0v) is 6.67. The normalized spacial score (nSPS) is 9.83. The first-order valence-corrected chi connectivity index (χ1v) is 3.53. The standard InChI is InChI=1S/C8H9FN2O/c1-10-5-8(12)7-3-2-6(9)4-11-7/h2-4,10H,5H2,1H3. The summed E-state index contributed by atoms with van der Waals surface area (Å²) in [5.41, 5.74) is 0.283. The van der Waals surface area contributed by atoms with Crippen molar-refractivity contribution in [3.8, 4) is 0 Å². The van der Waals surface area contributed by atoms with Crippen molar-refractivity contribution in [3.63, 3.8) is 0 Å². The highest BCUT2D eigenvalue weighted by molar-refractivity contribution is 5.95. The van der Waals surface area contributed by atoms with Crippen LogP contribution in [0.3, 0.4) is 0 Å². The van der Waals surface area contributed by atoms with Gasteiger partial charge in [-0.05, 0) is 19.2 Å². The van der Waals surface area contributed by atoms with E-state index in [9.17, 15) is 9.18 Å². The summed E-state index contributed by atoms with van der Waals surface area (Å²) in [6, 6.07) is 2.59. The molecule has 0 spiro atoms. The van der Waals surface area contributed by atoms with E-state index in [2.05, 4.69) is 10.3 Å². The second-order valence-electron chi connectivity index (χ2n) is 2.32. The summed E-state index contributed by atoms with van der Waals surface area (Å²) in [5, 5.41) is 2.70. The van der Waals surface area contributed by atoms with Crippen LogP contribution in [-0.2, 0) is 0 Å². The van der Waals surface area contributed by atoms with Crippen LogP contribution in [0.1, 0.15) is 10.5 Å². The van der Waals surface area contributed by atoms with Crippen LogP contribution in [0, 0.1) is 5.82 Å². The van der Waals surface area contributed by atoms with Crippen molar-refractivity contribution in [2.75, 3.05) is 13.6 Å². The maximum absolute atomic E-state index is 12.3. The molecule has 0 aliphatic rings. The highest BCUT2D eigenvalue weighted by Crippen LogP contribution is 1.98. The Morgan fingerprint density at radius 2 is 2.42 bits per heavy atom. The van der Waals surface area contributed by atoms with Crippen LogP contribution in [0.25, 0.3) is 0 Å². The van der Waals surface area contributed by atoms with Crippen molar-refractivity contribution < 1.29 is 9.18 Å². The Kier molecular flexibility index (Phi) is 2.88. The summed E-state index contributed by atoms with van der Waals surface area (Å²) in [7, 11) is 1.67. The SMILES string of the molecule is CNCC(=O)c1ccc(F)cn1. The molecule has 0 bridgehead atoms. The van der Waals surface area contributed by atoms with Gasteiger partial charge in [0.25, 0.3) is 0 Å². The Balaban J connectivity index is 2.75. The van der Waals surface area contributed by atoms with Gasteiger partial charge < -0.3 is 5.32 Å². The third-order valence-corrected chi connectivity index (χ3v) is 1.35. The van der Waals surface area contributed by atoms with Gasteiger partial charge in [-0.25, -0.2) is 4.39 Å². The summed E-state index contributed by atoms with van der Waals surface area (Å²) >= 11 is 0. The number of nitrogens with zero attached hydrogens (tertiary/aromatic N) is 1. The van der Waals surface area contributed by atoms with Gasteiger partial charge >= 0.3 is 0 Å². The van der Waals surface area contributed by atoms with Crippen molar-refractivity contribution in [3.05, 3.63) is 29.8 Å². The van der Waals surface area contributed by atoms with E-state index in [-0.39, 0.29) is 18.0 Å². The summed E-state index contributed by atoms with van der Waals surface area (Å²) in [6.45, 7) is 0.221. The fourth-order valence-corrected chi connectivity index (χ4v) is 0.792. The topological polar surface area (TPSA) is 42.0 Å². The van der Waals surface area contributed by atoms with Crippen molar-refractivity contribution in [1.82, 2.24) is 10.3 Å². The Hall–Kier alpha value is -1.29. The number of nitrogens with one attached hydrogen (secondary N) is 1. The molecule has 1 heterocycles. The van der Waals surface area contributed by atoms with E-state index >= 15 is 0 Å². The molecular formula is C8H9FN2O. The van der Waals surface area contributed by atoms with E-state index in [1.165, 1.54) is 12.1 Å². The van der Waals surface area contributed by atoms with E-state index in [4.69, 9.17) is 0 Å². The maximum Gasteiger partial charge on any atom is 0.194 e. The molecule has 0 amide bonds. The monoisotopic (exact) mass is 168 g/mol. The van der Waals surface area contributed by atoms with Crippen LogP contribution in [0.5, 0.6) is 0 Å². The number of halogens is 1. The number of pyridine rings is 1. The molecule has 0 radical (unpaired) electrons. The van der Waals surface area contributed by atoms with E-state index in [1.54, 1.807) is 7.05 Å². The summed E-state index contributed by atoms with van der Waals surface area (Å²) in [6.07, 6.45) is 1.03. The average molecular weight is 168 g/mol. The molecule has 1 aromatic heterocycles. The van der Waals surface area contributed by atoms with Gasteiger partial charge in [0, 0.05) is 0 Å². The summed E-state index contributed by atoms with van der Waals surface area (Å²) in [5.74, 6) is -0.575. The van der Waals surface area contributed by atoms with Crippen molar-refractivity contribution in [2.45, 2.75) is 0 Å². The molecule has 0 unspecified atom stereocenters. The smallest absolute Gasteiger partial charge is 0.194 e. The van der Waals surface area contributed by atoms with Gasteiger partial charge in [0.05, 0.1) is 12.7 Å². The molecular weight excluding hydrogens is 159 g/mol. The highest BCUT2D eigenvalue weighted by atomic mass is 19.1. The zero-order chi connectivity index (χ0) is 8.97. The van der Waals surface area contributed by atoms with Gasteiger partial charge in [0.15, 0.2) is 5.78 Å². The molecule has 3 nitrogen and oxygen atoms in total. The Morgan fingerprint density at radius 1 is 1.67 bits per heavy atom. The molecule has 0 saturated heterocycles. The summed E-state index contributed by atoms with van der Waals surface area (Å²) in [4.78, 5) is 14.7. The predicted molar refractivity (Wildman–Crippen MR) is 42.5 cm³/mol. The molecule has 0 saturated carbocycles. The molecule has 0 aromatic carbocycles. The molecule has 0 fully saturated rings. The molecule has 0 aliphatic heterocycles. The Bertz CT molecular complexity index is 271. The lowest BCUT2D eigenvalue weighted by molar-refractivity contribution is 0.0989. The first-order valence-electron chi connectivity index (χ1n) is 3.53. The second-order valence-corrected chi connectivity index (χ2v) is 2.32. The van der Waals surface area contributed by atoms with E-state index in [1.807, 2.05) is 0 Å². The second kappa shape index (κ2) is 3.92. The number of ketones is 1. The molecule has 1 aromatic rings. The first-order chi connectivity index (χ1) is 5.74. The minimum absolute atomic E-state index is 0.141. The van der Waals surface area contributed by atoms with Crippen molar-refractivity contribution in [2.24, 2.45) is 0 Å². The first kappa shape index (κ1) is 8.80. The number of aromatic nitrogens is 1. The van der Waals surface area contributed by atoms with Gasteiger partial charge in [-0.15, -0.1) is 0 Å². The van der Waals surface area contributed by atoms with Gasteiger partial charge in [0.2, 0.25) is 0 Å². The summed E-state index contributed by atoms with van der Waals surface area (Å²) < 4.78 is 12.3. The van der Waals surface area contributed by atoms with Gasteiger partial charge in [-0.2, -0.15) is 0 Å². The third-order valence-electron chi connectivity index (χ3n) is 1.35. The van der Waals surface area contributed by atoms with Crippen LogP contribution in [-0.4, -0.2) is 24.4 Å². The van der Waals surface area contributed by atoms with Crippen LogP contribution in [0.4, 0.5) is 4.39 Å². The Morgan fingerprint density at radius 3 is 2.92 bits per heavy atom. The Labute approximate surface area is 69.6 Å². The largest absolute Gasteiger partial charge is 0.313 e. The number of Topliss-reactive ketones (excluding diaryl/α,β-unsaturated/α-hetero) is 1. The van der Waals surface area contributed by atoms with Crippen molar-refractivity contribution in [1.29, 1.82) is 0 Å².